The zero-order valence-corrected chi connectivity index (χ0v) is 18.7. The van der Waals surface area contributed by atoms with Crippen LogP contribution in [-0.4, -0.2) is 25.5 Å². The molecule has 0 saturated carbocycles. The van der Waals surface area contributed by atoms with Crippen molar-refractivity contribution in [2.75, 3.05) is 5.32 Å². The molecule has 0 bridgehead atoms. The molecule has 2 aromatic heterocycles. The van der Waals surface area contributed by atoms with E-state index in [4.69, 9.17) is 0 Å². The van der Waals surface area contributed by atoms with Gasteiger partial charge in [0.25, 0.3) is 5.56 Å². The number of amides is 1. The average Bonchev–Trinajstić information content (AvgIpc) is 3.27. The minimum atomic E-state index is -0.450. The molecule has 0 aliphatic heterocycles. The summed E-state index contributed by atoms with van der Waals surface area (Å²) in [4.78, 5) is 26.4. The predicted molar refractivity (Wildman–Crippen MR) is 130 cm³/mol. The fourth-order valence-electron chi connectivity index (χ4n) is 4.07. The maximum atomic E-state index is 13.4. The van der Waals surface area contributed by atoms with Crippen molar-refractivity contribution in [2.45, 2.75) is 26.3 Å². The van der Waals surface area contributed by atoms with Crippen LogP contribution in [0.3, 0.4) is 0 Å². The number of benzene rings is 3. The highest BCUT2D eigenvalue weighted by atomic mass is 19.1. The van der Waals surface area contributed by atoms with E-state index in [2.05, 4.69) is 15.5 Å². The van der Waals surface area contributed by atoms with E-state index in [9.17, 15) is 14.0 Å². The summed E-state index contributed by atoms with van der Waals surface area (Å²) >= 11 is 0. The molecule has 0 atom stereocenters. The van der Waals surface area contributed by atoms with Gasteiger partial charge in [-0.15, -0.1) is 0 Å². The van der Waals surface area contributed by atoms with Crippen LogP contribution in [0, 0.1) is 5.82 Å². The molecule has 1 N–H and O–H groups in total. The second kappa shape index (κ2) is 8.55. The van der Waals surface area contributed by atoms with Gasteiger partial charge in [0, 0.05) is 16.5 Å². The van der Waals surface area contributed by atoms with Crippen molar-refractivity contribution < 1.29 is 9.18 Å². The summed E-state index contributed by atoms with van der Waals surface area (Å²) in [7, 11) is 0. The molecule has 5 aromatic rings. The lowest BCUT2D eigenvalue weighted by Crippen LogP contribution is -2.31. The maximum Gasteiger partial charge on any atom is 0.293 e. The summed E-state index contributed by atoms with van der Waals surface area (Å²) < 4.78 is 16.1. The maximum absolute atomic E-state index is 13.4. The van der Waals surface area contributed by atoms with Crippen molar-refractivity contribution in [1.29, 1.82) is 0 Å². The van der Waals surface area contributed by atoms with Gasteiger partial charge >= 0.3 is 0 Å². The molecule has 3 aromatic carbocycles. The van der Waals surface area contributed by atoms with E-state index < -0.39 is 5.56 Å². The third-order valence-corrected chi connectivity index (χ3v) is 5.69. The van der Waals surface area contributed by atoms with Gasteiger partial charge in [-0.2, -0.15) is 10.2 Å². The van der Waals surface area contributed by atoms with Crippen molar-refractivity contribution >= 4 is 33.3 Å². The van der Waals surface area contributed by atoms with Crippen LogP contribution in [0.4, 0.5) is 10.1 Å². The van der Waals surface area contributed by atoms with E-state index in [1.807, 2.05) is 56.3 Å². The van der Waals surface area contributed by atoms with Crippen LogP contribution in [0.5, 0.6) is 0 Å². The fraction of sp³-hybridized carbons (Fsp3) is 0.154. The number of hydrogen-bond acceptors (Lipinski definition) is 4. The number of carbonyl (C=O) groups is 1. The largest absolute Gasteiger partial charge is 0.324 e. The van der Waals surface area contributed by atoms with Gasteiger partial charge in [0.2, 0.25) is 5.91 Å². The highest BCUT2D eigenvalue weighted by Gasteiger charge is 2.20. The van der Waals surface area contributed by atoms with Crippen molar-refractivity contribution in [3.63, 3.8) is 0 Å². The van der Waals surface area contributed by atoms with Crippen LogP contribution < -0.4 is 10.9 Å². The molecule has 0 aliphatic carbocycles. The van der Waals surface area contributed by atoms with Gasteiger partial charge in [0.05, 0.1) is 17.6 Å². The smallest absolute Gasteiger partial charge is 0.293 e. The van der Waals surface area contributed by atoms with Gasteiger partial charge in [-0.1, -0.05) is 50.2 Å². The Bertz CT molecular complexity index is 1580. The molecule has 0 spiro atoms. The summed E-state index contributed by atoms with van der Waals surface area (Å²) in [5.74, 6) is -0.763. The van der Waals surface area contributed by atoms with E-state index in [-0.39, 0.29) is 24.2 Å². The zero-order valence-electron chi connectivity index (χ0n) is 18.7. The van der Waals surface area contributed by atoms with Crippen LogP contribution in [0.15, 0.2) is 77.7 Å². The second-order valence-corrected chi connectivity index (χ2v) is 8.37. The quantitative estimate of drug-likeness (QED) is 0.419. The lowest BCUT2D eigenvalue weighted by Gasteiger charge is -2.13. The van der Waals surface area contributed by atoms with Crippen LogP contribution in [0.25, 0.3) is 27.4 Å². The highest BCUT2D eigenvalue weighted by Crippen LogP contribution is 2.24. The van der Waals surface area contributed by atoms with E-state index in [0.29, 0.717) is 28.0 Å². The Kier molecular flexibility index (Phi) is 5.41. The van der Waals surface area contributed by atoms with Gasteiger partial charge < -0.3 is 5.32 Å². The Labute approximate surface area is 194 Å². The number of aromatic nitrogens is 4. The van der Waals surface area contributed by atoms with Crippen molar-refractivity contribution in [3.05, 3.63) is 94.8 Å². The summed E-state index contributed by atoms with van der Waals surface area (Å²) in [6, 6.07) is 19.1. The van der Waals surface area contributed by atoms with E-state index >= 15 is 0 Å². The number of anilines is 1. The first-order chi connectivity index (χ1) is 16.4. The molecular formula is C26H22FN5O2. The lowest BCUT2D eigenvalue weighted by molar-refractivity contribution is -0.117. The second-order valence-electron chi connectivity index (χ2n) is 8.37. The molecule has 0 unspecified atom stereocenters. The molecule has 1 amide bonds. The zero-order chi connectivity index (χ0) is 23.8. The third-order valence-electron chi connectivity index (χ3n) is 5.69. The van der Waals surface area contributed by atoms with E-state index in [1.165, 1.54) is 21.5 Å². The Hall–Kier alpha value is -4.33. The number of halogens is 1. The Morgan fingerprint density at radius 1 is 1.00 bits per heavy atom. The predicted octanol–water partition coefficient (Wildman–Crippen LogP) is 4.64. The van der Waals surface area contributed by atoms with Crippen molar-refractivity contribution in [3.8, 4) is 5.69 Å². The monoisotopic (exact) mass is 455 g/mol. The molecule has 0 aliphatic rings. The first kappa shape index (κ1) is 21.5. The third kappa shape index (κ3) is 3.83. The Balaban J connectivity index is 1.56. The molecule has 0 fully saturated rings. The fourth-order valence-corrected chi connectivity index (χ4v) is 4.07. The van der Waals surface area contributed by atoms with E-state index in [1.54, 1.807) is 18.3 Å². The SMILES string of the molecule is CC(C)c1nn(CC(=O)Nc2cccc3ccccc23)c(=O)c2c1cnn2-c1ccc(F)cc1. The number of hydrogen-bond donors (Lipinski definition) is 1. The van der Waals surface area contributed by atoms with Crippen LogP contribution in [-0.2, 0) is 11.3 Å². The lowest BCUT2D eigenvalue weighted by atomic mass is 10.1. The topological polar surface area (TPSA) is 81.8 Å². The van der Waals surface area contributed by atoms with Gasteiger partial charge in [0.1, 0.15) is 17.9 Å². The van der Waals surface area contributed by atoms with Crippen LogP contribution in [0.1, 0.15) is 25.5 Å². The Morgan fingerprint density at radius 2 is 1.74 bits per heavy atom. The summed E-state index contributed by atoms with van der Waals surface area (Å²) in [5.41, 5.74) is 1.71. The summed E-state index contributed by atoms with van der Waals surface area (Å²) in [5, 5.41) is 14.3. The molecule has 8 heteroatoms. The van der Waals surface area contributed by atoms with Gasteiger partial charge in [-0.25, -0.2) is 13.8 Å². The van der Waals surface area contributed by atoms with Gasteiger partial charge in [-0.05, 0) is 41.6 Å². The molecule has 0 saturated heterocycles. The molecule has 2 heterocycles. The standard InChI is InChI=1S/C26H22FN5O2/c1-16(2)24-21-14-28-32(19-12-10-18(27)11-13-19)25(21)26(34)31(30-24)15-23(33)29-22-9-5-7-17-6-3-4-8-20(17)22/h3-14,16H,15H2,1-2H3,(H,29,33). The number of rotatable bonds is 5. The van der Waals surface area contributed by atoms with Crippen molar-refractivity contribution in [2.24, 2.45) is 0 Å². The molecule has 7 nitrogen and oxygen atoms in total. The van der Waals surface area contributed by atoms with Crippen LogP contribution >= 0.6 is 0 Å². The number of nitrogens with zero attached hydrogens (tertiary/aromatic N) is 4. The van der Waals surface area contributed by atoms with Crippen LogP contribution in [0.2, 0.25) is 0 Å². The minimum absolute atomic E-state index is 0.0126. The van der Waals surface area contributed by atoms with Gasteiger partial charge in [-0.3, -0.25) is 9.59 Å². The van der Waals surface area contributed by atoms with Gasteiger partial charge in [0.15, 0.2) is 0 Å². The first-order valence-electron chi connectivity index (χ1n) is 10.9. The molecule has 5 rings (SSSR count). The van der Waals surface area contributed by atoms with E-state index in [0.717, 1.165) is 10.8 Å². The number of carbonyl (C=O) groups excluding carboxylic acids is 1. The number of nitrogens with one attached hydrogen (secondary N) is 1. The normalized spacial score (nSPS) is 11.4. The summed E-state index contributed by atoms with van der Waals surface area (Å²) in [6.45, 7) is 3.66. The van der Waals surface area contributed by atoms with Crippen molar-refractivity contribution in [1.82, 2.24) is 19.6 Å². The molecule has 0 radical (unpaired) electrons. The minimum Gasteiger partial charge on any atom is -0.324 e. The summed E-state index contributed by atoms with van der Waals surface area (Å²) in [6.07, 6.45) is 1.59. The molecule has 170 valence electrons. The molecular weight excluding hydrogens is 433 g/mol. The highest BCUT2D eigenvalue weighted by molar-refractivity contribution is 6.02. The Morgan fingerprint density at radius 3 is 2.50 bits per heavy atom. The number of fused-ring (bicyclic) bond motifs is 2. The first-order valence-corrected chi connectivity index (χ1v) is 10.9. The average molecular weight is 455 g/mol. The molecule has 34 heavy (non-hydrogen) atoms.